The fraction of sp³-hybridized carbons (Fsp3) is 0. The summed E-state index contributed by atoms with van der Waals surface area (Å²) < 4.78 is 0. The number of aromatic amines is 1. The highest BCUT2D eigenvalue weighted by Crippen LogP contribution is 2.21. The lowest BCUT2D eigenvalue weighted by atomic mass is 10.3. The molecule has 0 bridgehead atoms. The van der Waals surface area contributed by atoms with Gasteiger partial charge in [0.15, 0.2) is 5.65 Å². The number of hydrogen-bond acceptors (Lipinski definition) is 3. The molecule has 2 heterocycles. The lowest BCUT2D eigenvalue weighted by Gasteiger charge is -2.06. The van der Waals surface area contributed by atoms with E-state index in [0.29, 0.717) is 21.9 Å². The molecule has 0 radical (unpaired) electrons. The predicted molar refractivity (Wildman–Crippen MR) is 73.3 cm³/mol. The average Bonchev–Trinajstić information content (AvgIpc) is 2.88. The van der Waals surface area contributed by atoms with Gasteiger partial charge in [0.25, 0.3) is 5.91 Å². The van der Waals surface area contributed by atoms with Crippen LogP contribution in [0.15, 0.2) is 42.7 Å². The Labute approximate surface area is 113 Å². The third-order valence-corrected chi connectivity index (χ3v) is 2.94. The second kappa shape index (κ2) is 4.70. The average molecular weight is 273 g/mol. The van der Waals surface area contributed by atoms with E-state index in [1.165, 1.54) is 6.20 Å². The van der Waals surface area contributed by atoms with Gasteiger partial charge in [-0.15, -0.1) is 0 Å². The fourth-order valence-corrected chi connectivity index (χ4v) is 1.87. The highest BCUT2D eigenvalue weighted by molar-refractivity contribution is 6.33. The number of nitrogens with one attached hydrogen (secondary N) is 2. The van der Waals surface area contributed by atoms with Crippen LogP contribution in [0.25, 0.3) is 11.2 Å². The van der Waals surface area contributed by atoms with Gasteiger partial charge in [-0.1, -0.05) is 23.7 Å². The van der Waals surface area contributed by atoms with E-state index in [2.05, 4.69) is 20.3 Å². The van der Waals surface area contributed by atoms with Crippen LogP contribution in [0, 0.1) is 0 Å². The van der Waals surface area contributed by atoms with Gasteiger partial charge in [-0.3, -0.25) is 4.79 Å². The van der Waals surface area contributed by atoms with E-state index in [1.54, 1.807) is 36.5 Å². The number of halogens is 1. The molecule has 19 heavy (non-hydrogen) atoms. The second-order valence-electron chi connectivity index (χ2n) is 3.90. The lowest BCUT2D eigenvalue weighted by molar-refractivity contribution is 0.102. The van der Waals surface area contributed by atoms with Crippen molar-refractivity contribution >= 4 is 34.4 Å². The molecule has 3 rings (SSSR count). The Morgan fingerprint density at radius 2 is 2.11 bits per heavy atom. The van der Waals surface area contributed by atoms with Gasteiger partial charge < -0.3 is 10.3 Å². The number of hydrogen-bond donors (Lipinski definition) is 2. The van der Waals surface area contributed by atoms with Crippen molar-refractivity contribution in [1.82, 2.24) is 15.0 Å². The molecule has 0 saturated heterocycles. The second-order valence-corrected chi connectivity index (χ2v) is 4.31. The largest absolute Gasteiger partial charge is 0.345 e. The number of carbonyl (C=O) groups excluding carboxylic acids is 1. The third-order valence-electron chi connectivity index (χ3n) is 2.62. The van der Waals surface area contributed by atoms with Crippen molar-refractivity contribution in [3.63, 3.8) is 0 Å². The zero-order valence-corrected chi connectivity index (χ0v) is 10.5. The lowest BCUT2D eigenvalue weighted by Crippen LogP contribution is -2.14. The van der Waals surface area contributed by atoms with Crippen LogP contribution in [-0.4, -0.2) is 20.9 Å². The molecule has 6 heteroatoms. The first kappa shape index (κ1) is 11.7. The molecule has 0 atom stereocenters. The first-order valence-electron chi connectivity index (χ1n) is 5.60. The maximum absolute atomic E-state index is 12.0. The Kier molecular flexibility index (Phi) is 2.89. The molecule has 3 aromatic rings. The van der Waals surface area contributed by atoms with Crippen molar-refractivity contribution < 1.29 is 4.79 Å². The molecule has 0 aliphatic rings. The van der Waals surface area contributed by atoms with Gasteiger partial charge in [0.2, 0.25) is 0 Å². The summed E-state index contributed by atoms with van der Waals surface area (Å²) in [4.78, 5) is 23.3. The van der Waals surface area contributed by atoms with Gasteiger partial charge in [0.05, 0.1) is 16.9 Å². The van der Waals surface area contributed by atoms with Crippen LogP contribution in [0.3, 0.4) is 0 Å². The van der Waals surface area contributed by atoms with Crippen molar-refractivity contribution in [1.29, 1.82) is 0 Å². The number of fused-ring (bicyclic) bond motifs is 1. The monoisotopic (exact) mass is 272 g/mol. The van der Waals surface area contributed by atoms with E-state index < -0.39 is 0 Å². The summed E-state index contributed by atoms with van der Waals surface area (Å²) in [5.74, 6) is -0.344. The number of carbonyl (C=O) groups is 1. The minimum Gasteiger partial charge on any atom is -0.345 e. The first-order chi connectivity index (χ1) is 9.24. The van der Waals surface area contributed by atoms with Gasteiger partial charge in [0, 0.05) is 6.20 Å². The van der Waals surface area contributed by atoms with E-state index in [-0.39, 0.29) is 11.6 Å². The molecular weight excluding hydrogens is 264 g/mol. The minimum atomic E-state index is -0.344. The van der Waals surface area contributed by atoms with Crippen LogP contribution >= 0.6 is 11.6 Å². The molecule has 2 aromatic heterocycles. The number of benzene rings is 1. The van der Waals surface area contributed by atoms with Crippen molar-refractivity contribution in [2.45, 2.75) is 0 Å². The van der Waals surface area contributed by atoms with Crippen molar-refractivity contribution in [3.05, 3.63) is 53.4 Å². The molecule has 0 fully saturated rings. The number of aromatic nitrogens is 3. The molecule has 94 valence electrons. The normalized spacial score (nSPS) is 10.6. The van der Waals surface area contributed by atoms with Crippen LogP contribution in [-0.2, 0) is 0 Å². The van der Waals surface area contributed by atoms with E-state index in [1.807, 2.05) is 0 Å². The summed E-state index contributed by atoms with van der Waals surface area (Å²) in [6.45, 7) is 0. The summed E-state index contributed by atoms with van der Waals surface area (Å²) in [6.07, 6.45) is 3.14. The van der Waals surface area contributed by atoms with Crippen LogP contribution in [0.2, 0.25) is 5.02 Å². The molecule has 5 nitrogen and oxygen atoms in total. The minimum absolute atomic E-state index is 0.243. The van der Waals surface area contributed by atoms with E-state index in [9.17, 15) is 4.79 Å². The Balaban J connectivity index is 1.89. The molecule has 0 saturated carbocycles. The van der Waals surface area contributed by atoms with Crippen molar-refractivity contribution in [2.75, 3.05) is 5.32 Å². The SMILES string of the molecule is O=C(Nc1ccccc1Cl)c1cnc2[nH]ccc2n1. The standard InChI is InChI=1S/C13H9ClN4O/c14-8-3-1-2-4-9(8)18-13(19)11-7-16-12-10(17-11)5-6-15-12/h1-7H,(H,15,16)(H,18,19). The third kappa shape index (κ3) is 2.28. The number of rotatable bonds is 2. The number of amides is 1. The number of para-hydroxylation sites is 1. The summed E-state index contributed by atoms with van der Waals surface area (Å²) in [7, 11) is 0. The highest BCUT2D eigenvalue weighted by atomic mass is 35.5. The van der Waals surface area contributed by atoms with Crippen molar-refractivity contribution in [3.8, 4) is 0 Å². The summed E-state index contributed by atoms with van der Waals surface area (Å²) in [5, 5.41) is 3.18. The summed E-state index contributed by atoms with van der Waals surface area (Å²) in [6, 6.07) is 8.78. The Morgan fingerprint density at radius 3 is 2.95 bits per heavy atom. The van der Waals surface area contributed by atoms with E-state index in [0.717, 1.165) is 0 Å². The topological polar surface area (TPSA) is 70.7 Å². The molecule has 1 aromatic carbocycles. The summed E-state index contributed by atoms with van der Waals surface area (Å²) in [5.41, 5.74) is 2.08. The predicted octanol–water partition coefficient (Wildman–Crippen LogP) is 2.86. The molecular formula is C13H9ClN4O. The number of nitrogens with zero attached hydrogens (tertiary/aromatic N) is 2. The van der Waals surface area contributed by atoms with Crippen LogP contribution in [0.1, 0.15) is 10.5 Å². The maximum Gasteiger partial charge on any atom is 0.275 e. The zero-order valence-electron chi connectivity index (χ0n) is 9.72. The molecule has 0 unspecified atom stereocenters. The molecule has 0 spiro atoms. The Bertz CT molecular complexity index is 753. The van der Waals surface area contributed by atoms with Gasteiger partial charge in [-0.25, -0.2) is 9.97 Å². The molecule has 0 aliphatic heterocycles. The Hall–Kier alpha value is -2.40. The first-order valence-corrected chi connectivity index (χ1v) is 5.98. The molecule has 2 N–H and O–H groups in total. The number of anilines is 1. The van der Waals surface area contributed by atoms with E-state index >= 15 is 0 Å². The van der Waals surface area contributed by atoms with Crippen molar-refractivity contribution in [2.24, 2.45) is 0 Å². The zero-order chi connectivity index (χ0) is 13.2. The van der Waals surface area contributed by atoms with Gasteiger partial charge in [-0.05, 0) is 18.2 Å². The fourth-order valence-electron chi connectivity index (χ4n) is 1.69. The molecule has 0 aliphatic carbocycles. The van der Waals surface area contributed by atoms with Gasteiger partial charge in [0.1, 0.15) is 11.2 Å². The van der Waals surface area contributed by atoms with Gasteiger partial charge in [-0.2, -0.15) is 0 Å². The summed E-state index contributed by atoms with van der Waals surface area (Å²) >= 11 is 5.98. The molecule has 1 amide bonds. The Morgan fingerprint density at radius 1 is 1.26 bits per heavy atom. The maximum atomic E-state index is 12.0. The van der Waals surface area contributed by atoms with Crippen LogP contribution in [0.4, 0.5) is 5.69 Å². The smallest absolute Gasteiger partial charge is 0.275 e. The van der Waals surface area contributed by atoms with Crippen LogP contribution < -0.4 is 5.32 Å². The number of H-pyrrole nitrogens is 1. The highest BCUT2D eigenvalue weighted by Gasteiger charge is 2.11. The van der Waals surface area contributed by atoms with Gasteiger partial charge >= 0.3 is 0 Å². The van der Waals surface area contributed by atoms with Crippen LogP contribution in [0.5, 0.6) is 0 Å². The quantitative estimate of drug-likeness (QED) is 0.753. The van der Waals surface area contributed by atoms with E-state index in [4.69, 9.17) is 11.6 Å².